The summed E-state index contributed by atoms with van der Waals surface area (Å²) in [5, 5.41) is 11.5. The Morgan fingerprint density at radius 2 is 1.84 bits per heavy atom. The second-order valence-corrected chi connectivity index (χ2v) is 8.27. The number of halogens is 1. The van der Waals surface area contributed by atoms with Gasteiger partial charge in [-0.25, -0.2) is 4.39 Å². The molecule has 3 rings (SSSR count). The van der Waals surface area contributed by atoms with Crippen LogP contribution in [0.4, 0.5) is 4.39 Å². The third-order valence-corrected chi connectivity index (χ3v) is 6.17. The molecule has 2 saturated carbocycles. The first-order valence-electron chi connectivity index (χ1n) is 9.70. The maximum absolute atomic E-state index is 13.0. The number of ether oxygens (including phenoxy) is 1. The number of hydrogen-bond donors (Lipinski definition) is 1. The van der Waals surface area contributed by atoms with Crippen LogP contribution in [0.1, 0.15) is 50.5 Å². The Morgan fingerprint density at radius 3 is 2.48 bits per heavy atom. The summed E-state index contributed by atoms with van der Waals surface area (Å²) in [6, 6.07) is 6.52. The molecule has 25 heavy (non-hydrogen) atoms. The minimum Gasteiger partial charge on any atom is -0.389 e. The Kier molecular flexibility index (Phi) is 6.13. The summed E-state index contributed by atoms with van der Waals surface area (Å²) in [5.74, 6) is 0.502. The zero-order chi connectivity index (χ0) is 17.9. The van der Waals surface area contributed by atoms with Gasteiger partial charge in [0, 0.05) is 12.5 Å². The molecule has 0 heterocycles. The zero-order valence-electron chi connectivity index (χ0n) is 15.6. The minimum absolute atomic E-state index is 0.177. The van der Waals surface area contributed by atoms with Crippen LogP contribution >= 0.6 is 0 Å². The van der Waals surface area contributed by atoms with E-state index in [9.17, 15) is 9.50 Å². The lowest BCUT2D eigenvalue weighted by Gasteiger charge is -2.47. The number of hydrogen-bond acceptors (Lipinski definition) is 3. The van der Waals surface area contributed by atoms with E-state index >= 15 is 0 Å². The van der Waals surface area contributed by atoms with Gasteiger partial charge in [0.1, 0.15) is 5.82 Å². The van der Waals surface area contributed by atoms with Crippen LogP contribution in [0.15, 0.2) is 24.3 Å². The van der Waals surface area contributed by atoms with Crippen molar-refractivity contribution in [3.05, 3.63) is 35.6 Å². The molecule has 1 aromatic rings. The summed E-state index contributed by atoms with van der Waals surface area (Å²) < 4.78 is 19.1. The van der Waals surface area contributed by atoms with Crippen molar-refractivity contribution >= 4 is 0 Å². The fourth-order valence-electron chi connectivity index (χ4n) is 4.82. The van der Waals surface area contributed by atoms with Crippen molar-refractivity contribution in [2.75, 3.05) is 20.6 Å². The number of nitrogens with zero attached hydrogens (tertiary/aromatic N) is 1. The standard InChI is InChI=1S/C21H32FNO2/c1-23(2)14-18-13-20(25-15-16-7-9-19(22)10-8-16)11-12-21(18,24)17-5-3-4-6-17/h7-10,17-18,20,24H,3-6,11-15H2,1-2H3. The first kappa shape index (κ1) is 18.8. The molecule has 1 aromatic carbocycles. The van der Waals surface area contributed by atoms with Crippen molar-refractivity contribution in [2.45, 2.75) is 63.3 Å². The van der Waals surface area contributed by atoms with Crippen molar-refractivity contribution in [3.63, 3.8) is 0 Å². The first-order valence-corrected chi connectivity index (χ1v) is 9.70. The number of rotatable bonds is 6. The van der Waals surface area contributed by atoms with Crippen molar-refractivity contribution < 1.29 is 14.2 Å². The van der Waals surface area contributed by atoms with E-state index in [1.165, 1.54) is 37.8 Å². The molecule has 0 spiro atoms. The van der Waals surface area contributed by atoms with Gasteiger partial charge in [0.2, 0.25) is 0 Å². The molecule has 0 saturated heterocycles. The zero-order valence-corrected chi connectivity index (χ0v) is 15.6. The lowest BCUT2D eigenvalue weighted by Crippen LogP contribution is -2.52. The Morgan fingerprint density at radius 1 is 1.16 bits per heavy atom. The Hall–Kier alpha value is -0.970. The lowest BCUT2D eigenvalue weighted by atomic mass is 9.66. The van der Waals surface area contributed by atoms with Gasteiger partial charge in [-0.1, -0.05) is 25.0 Å². The summed E-state index contributed by atoms with van der Waals surface area (Å²) in [7, 11) is 4.16. The first-order chi connectivity index (χ1) is 12.0. The van der Waals surface area contributed by atoms with Crippen LogP contribution in [0.2, 0.25) is 0 Å². The minimum atomic E-state index is -0.531. The summed E-state index contributed by atoms with van der Waals surface area (Å²) in [5.41, 5.74) is 0.471. The third-order valence-electron chi connectivity index (χ3n) is 6.17. The summed E-state index contributed by atoms with van der Waals surface area (Å²) >= 11 is 0. The van der Waals surface area contributed by atoms with E-state index in [4.69, 9.17) is 4.74 Å². The summed E-state index contributed by atoms with van der Waals surface area (Å²) in [4.78, 5) is 2.19. The fourth-order valence-corrected chi connectivity index (χ4v) is 4.82. The maximum Gasteiger partial charge on any atom is 0.123 e. The summed E-state index contributed by atoms with van der Waals surface area (Å²) in [6.45, 7) is 1.42. The molecule has 4 heteroatoms. The van der Waals surface area contributed by atoms with Gasteiger partial charge in [-0.15, -0.1) is 0 Å². The highest BCUT2D eigenvalue weighted by Gasteiger charge is 2.48. The molecular weight excluding hydrogens is 317 g/mol. The van der Waals surface area contributed by atoms with E-state index in [-0.39, 0.29) is 17.8 Å². The van der Waals surface area contributed by atoms with E-state index in [0.717, 1.165) is 31.4 Å². The predicted molar refractivity (Wildman–Crippen MR) is 97.8 cm³/mol. The van der Waals surface area contributed by atoms with Crippen LogP contribution in [0.3, 0.4) is 0 Å². The molecule has 0 bridgehead atoms. The van der Waals surface area contributed by atoms with Gasteiger partial charge >= 0.3 is 0 Å². The monoisotopic (exact) mass is 349 g/mol. The maximum atomic E-state index is 13.0. The van der Waals surface area contributed by atoms with E-state index in [2.05, 4.69) is 19.0 Å². The molecule has 1 N–H and O–H groups in total. The average Bonchev–Trinajstić information content (AvgIpc) is 3.12. The van der Waals surface area contributed by atoms with Gasteiger partial charge in [-0.05, 0) is 69.8 Å². The van der Waals surface area contributed by atoms with Gasteiger partial charge in [-0.2, -0.15) is 0 Å². The smallest absolute Gasteiger partial charge is 0.123 e. The predicted octanol–water partition coefficient (Wildman–Crippen LogP) is 3.99. The van der Waals surface area contributed by atoms with Gasteiger partial charge in [0.25, 0.3) is 0 Å². The van der Waals surface area contributed by atoms with Gasteiger partial charge in [-0.3, -0.25) is 0 Å². The van der Waals surface area contributed by atoms with Crippen LogP contribution in [0.5, 0.6) is 0 Å². The normalized spacial score (nSPS) is 30.9. The van der Waals surface area contributed by atoms with Gasteiger partial charge < -0.3 is 14.7 Å². The van der Waals surface area contributed by atoms with Crippen molar-refractivity contribution in [2.24, 2.45) is 11.8 Å². The van der Waals surface area contributed by atoms with E-state index < -0.39 is 5.60 Å². The SMILES string of the molecule is CN(C)CC1CC(OCc2ccc(F)cc2)CCC1(O)C1CCCC1. The van der Waals surface area contributed by atoms with Gasteiger partial charge in [0.05, 0.1) is 18.3 Å². The lowest BCUT2D eigenvalue weighted by molar-refractivity contribution is -0.134. The highest BCUT2D eigenvalue weighted by molar-refractivity contribution is 5.15. The Bertz CT molecular complexity index is 541. The Labute approximate surface area is 151 Å². The molecule has 0 amide bonds. The number of benzene rings is 1. The molecule has 3 atom stereocenters. The van der Waals surface area contributed by atoms with Crippen LogP contribution in [0, 0.1) is 17.7 Å². The second kappa shape index (κ2) is 8.15. The molecular formula is C21H32FNO2. The summed E-state index contributed by atoms with van der Waals surface area (Å²) in [6.07, 6.45) is 7.69. The van der Waals surface area contributed by atoms with Gasteiger partial charge in [0.15, 0.2) is 0 Å². The average molecular weight is 349 g/mol. The molecule has 0 aliphatic heterocycles. The fraction of sp³-hybridized carbons (Fsp3) is 0.714. The third kappa shape index (κ3) is 4.60. The molecule has 3 unspecified atom stereocenters. The van der Waals surface area contributed by atoms with Crippen LogP contribution in [0.25, 0.3) is 0 Å². The van der Waals surface area contributed by atoms with Crippen molar-refractivity contribution in [1.82, 2.24) is 4.90 Å². The molecule has 3 nitrogen and oxygen atoms in total. The van der Waals surface area contributed by atoms with Crippen molar-refractivity contribution in [3.8, 4) is 0 Å². The number of aliphatic hydroxyl groups is 1. The van der Waals surface area contributed by atoms with Crippen molar-refractivity contribution in [1.29, 1.82) is 0 Å². The van der Waals surface area contributed by atoms with Crippen LogP contribution in [-0.2, 0) is 11.3 Å². The molecule has 2 fully saturated rings. The molecule has 2 aliphatic rings. The van der Waals surface area contributed by atoms with E-state index in [0.29, 0.717) is 12.5 Å². The quantitative estimate of drug-likeness (QED) is 0.843. The molecule has 0 aromatic heterocycles. The topological polar surface area (TPSA) is 32.7 Å². The largest absolute Gasteiger partial charge is 0.389 e. The molecule has 2 aliphatic carbocycles. The second-order valence-electron chi connectivity index (χ2n) is 8.27. The van der Waals surface area contributed by atoms with E-state index in [1.807, 2.05) is 0 Å². The highest BCUT2D eigenvalue weighted by Crippen LogP contribution is 2.46. The van der Waals surface area contributed by atoms with Crippen LogP contribution < -0.4 is 0 Å². The molecule has 140 valence electrons. The van der Waals surface area contributed by atoms with Crippen LogP contribution in [-0.4, -0.2) is 42.4 Å². The van der Waals surface area contributed by atoms with E-state index in [1.54, 1.807) is 12.1 Å². The Balaban J connectivity index is 1.61. The molecule has 0 radical (unpaired) electrons. The highest BCUT2D eigenvalue weighted by atomic mass is 19.1.